The van der Waals surface area contributed by atoms with Crippen molar-refractivity contribution in [3.8, 4) is 0 Å². The predicted octanol–water partition coefficient (Wildman–Crippen LogP) is 3.38. The van der Waals surface area contributed by atoms with Gasteiger partial charge in [0.15, 0.2) is 4.32 Å². The molecule has 1 aromatic heterocycles. The molecule has 1 N–H and O–H groups in total. The molecule has 1 aliphatic rings. The largest absolute Gasteiger partial charge is 0.478 e. The van der Waals surface area contributed by atoms with E-state index >= 15 is 0 Å². The minimum Gasteiger partial charge on any atom is -0.478 e. The number of nitrogens with zero attached hydrogens (tertiary/aromatic N) is 1. The number of rotatable bonds is 3. The third kappa shape index (κ3) is 2.68. The van der Waals surface area contributed by atoms with Crippen LogP contribution in [0.25, 0.3) is 6.08 Å². The first-order valence-corrected chi connectivity index (χ1v) is 7.43. The molecule has 0 bridgehead atoms. The summed E-state index contributed by atoms with van der Waals surface area (Å²) in [6, 6.07) is 9.56. The Morgan fingerprint density at radius 1 is 1.32 bits per heavy atom. The van der Waals surface area contributed by atoms with Gasteiger partial charge in [-0.2, -0.15) is 0 Å². The van der Waals surface area contributed by atoms with E-state index in [4.69, 9.17) is 21.7 Å². The summed E-state index contributed by atoms with van der Waals surface area (Å²) in [6.45, 7) is 0. The lowest BCUT2D eigenvalue weighted by atomic mass is 10.2. The fourth-order valence-corrected chi connectivity index (χ4v) is 3.25. The molecule has 0 radical (unpaired) electrons. The van der Waals surface area contributed by atoms with Gasteiger partial charge in [0.05, 0.1) is 22.4 Å². The maximum Gasteiger partial charge on any atom is 0.335 e. The molecule has 1 aromatic carbocycles. The first kappa shape index (κ1) is 14.6. The van der Waals surface area contributed by atoms with Crippen LogP contribution >= 0.6 is 24.0 Å². The number of carbonyl (C=O) groups is 2. The molecule has 22 heavy (non-hydrogen) atoms. The molecule has 1 amide bonds. The van der Waals surface area contributed by atoms with Crippen LogP contribution in [0.3, 0.4) is 0 Å². The van der Waals surface area contributed by atoms with E-state index in [2.05, 4.69) is 0 Å². The number of furan rings is 1. The predicted molar refractivity (Wildman–Crippen MR) is 87.8 cm³/mol. The monoisotopic (exact) mass is 331 g/mol. The molecule has 0 atom stereocenters. The first-order chi connectivity index (χ1) is 10.6. The number of anilines is 1. The number of benzene rings is 1. The van der Waals surface area contributed by atoms with Crippen molar-refractivity contribution < 1.29 is 19.1 Å². The van der Waals surface area contributed by atoms with Gasteiger partial charge in [-0.05, 0) is 30.3 Å². The van der Waals surface area contributed by atoms with E-state index in [-0.39, 0.29) is 11.5 Å². The van der Waals surface area contributed by atoms with E-state index in [1.54, 1.807) is 30.3 Å². The zero-order valence-electron chi connectivity index (χ0n) is 11.1. The lowest BCUT2D eigenvalue weighted by molar-refractivity contribution is -0.113. The molecule has 0 saturated carbocycles. The van der Waals surface area contributed by atoms with Crippen LogP contribution < -0.4 is 4.90 Å². The number of thioether (sulfide) groups is 1. The highest BCUT2D eigenvalue weighted by Gasteiger charge is 2.33. The van der Waals surface area contributed by atoms with Crippen molar-refractivity contribution in [3.63, 3.8) is 0 Å². The summed E-state index contributed by atoms with van der Waals surface area (Å²) in [6.07, 6.45) is 3.13. The normalized spacial score (nSPS) is 16.5. The Labute approximate surface area is 135 Å². The average molecular weight is 331 g/mol. The van der Waals surface area contributed by atoms with Crippen LogP contribution in [0.1, 0.15) is 16.1 Å². The number of amides is 1. The number of aromatic carboxylic acids is 1. The minimum atomic E-state index is -1.06. The number of carboxylic acid groups (broad SMARTS) is 1. The molecule has 1 aliphatic heterocycles. The van der Waals surface area contributed by atoms with Gasteiger partial charge in [-0.1, -0.05) is 30.0 Å². The molecule has 2 aromatic rings. The van der Waals surface area contributed by atoms with Crippen LogP contribution in [0.15, 0.2) is 52.0 Å². The van der Waals surface area contributed by atoms with Gasteiger partial charge in [-0.25, -0.2) is 4.79 Å². The summed E-state index contributed by atoms with van der Waals surface area (Å²) < 4.78 is 5.54. The molecular weight excluding hydrogens is 322 g/mol. The Morgan fingerprint density at radius 3 is 2.82 bits per heavy atom. The van der Waals surface area contributed by atoms with Gasteiger partial charge in [0.25, 0.3) is 5.91 Å². The van der Waals surface area contributed by atoms with Gasteiger partial charge in [0, 0.05) is 6.08 Å². The van der Waals surface area contributed by atoms with Crippen molar-refractivity contribution in [1.29, 1.82) is 0 Å². The van der Waals surface area contributed by atoms with E-state index in [1.807, 2.05) is 0 Å². The number of carbonyl (C=O) groups excluding carboxylic acids is 1. The quantitative estimate of drug-likeness (QED) is 0.687. The summed E-state index contributed by atoms with van der Waals surface area (Å²) >= 11 is 6.38. The van der Waals surface area contributed by atoms with E-state index in [1.165, 1.54) is 23.3 Å². The van der Waals surface area contributed by atoms with Crippen LogP contribution in [0.5, 0.6) is 0 Å². The van der Waals surface area contributed by atoms with E-state index in [0.29, 0.717) is 20.7 Å². The minimum absolute atomic E-state index is 0.0987. The molecule has 0 spiro atoms. The second kappa shape index (κ2) is 5.78. The maximum absolute atomic E-state index is 12.5. The number of hydrogen-bond acceptors (Lipinski definition) is 5. The van der Waals surface area contributed by atoms with E-state index in [0.717, 1.165) is 11.8 Å². The van der Waals surface area contributed by atoms with Gasteiger partial charge in [0.2, 0.25) is 0 Å². The summed E-state index contributed by atoms with van der Waals surface area (Å²) in [7, 11) is 0. The molecule has 7 heteroatoms. The fraction of sp³-hybridized carbons (Fsp3) is 0. The van der Waals surface area contributed by atoms with Crippen LogP contribution in [-0.4, -0.2) is 21.3 Å². The molecule has 2 heterocycles. The van der Waals surface area contributed by atoms with Crippen LogP contribution in [0, 0.1) is 0 Å². The van der Waals surface area contributed by atoms with Crippen molar-refractivity contribution >= 4 is 51.9 Å². The Hall–Kier alpha value is -2.38. The van der Waals surface area contributed by atoms with Crippen molar-refractivity contribution in [2.24, 2.45) is 0 Å². The lowest BCUT2D eigenvalue weighted by Crippen LogP contribution is -2.27. The third-order valence-electron chi connectivity index (χ3n) is 2.96. The van der Waals surface area contributed by atoms with E-state index < -0.39 is 5.97 Å². The fourth-order valence-electron chi connectivity index (χ4n) is 1.97. The van der Waals surface area contributed by atoms with Crippen LogP contribution in [0.4, 0.5) is 5.69 Å². The van der Waals surface area contributed by atoms with Gasteiger partial charge < -0.3 is 9.52 Å². The van der Waals surface area contributed by atoms with Crippen LogP contribution in [-0.2, 0) is 4.79 Å². The Morgan fingerprint density at radius 2 is 2.14 bits per heavy atom. The molecule has 0 aliphatic carbocycles. The van der Waals surface area contributed by atoms with Crippen molar-refractivity contribution in [2.75, 3.05) is 4.90 Å². The topological polar surface area (TPSA) is 70.8 Å². The van der Waals surface area contributed by atoms with Crippen LogP contribution in [0.2, 0.25) is 0 Å². The van der Waals surface area contributed by atoms with Gasteiger partial charge in [0.1, 0.15) is 5.76 Å². The second-order valence-corrected chi connectivity index (χ2v) is 6.06. The third-order valence-corrected chi connectivity index (χ3v) is 4.26. The lowest BCUT2D eigenvalue weighted by Gasteiger charge is -2.14. The molecule has 0 unspecified atom stereocenters. The molecule has 5 nitrogen and oxygen atoms in total. The Kier molecular flexibility index (Phi) is 3.82. The smallest absolute Gasteiger partial charge is 0.335 e. The Balaban J connectivity index is 1.95. The summed E-state index contributed by atoms with van der Waals surface area (Å²) in [4.78, 5) is 25.3. The first-order valence-electron chi connectivity index (χ1n) is 6.21. The zero-order valence-corrected chi connectivity index (χ0v) is 12.7. The van der Waals surface area contributed by atoms with Crippen molar-refractivity contribution in [1.82, 2.24) is 0 Å². The average Bonchev–Trinajstić information content (AvgIpc) is 3.08. The Bertz CT molecular complexity index is 796. The molecule has 3 rings (SSSR count). The highest BCUT2D eigenvalue weighted by Crippen LogP contribution is 2.36. The van der Waals surface area contributed by atoms with Crippen molar-refractivity contribution in [2.45, 2.75) is 0 Å². The van der Waals surface area contributed by atoms with E-state index in [9.17, 15) is 9.59 Å². The van der Waals surface area contributed by atoms with Crippen molar-refractivity contribution in [3.05, 3.63) is 58.9 Å². The molecule has 110 valence electrons. The standard InChI is InChI=1S/C15H9NO4S2/c17-13-12(8-11-5-2-6-20-11)22-15(21)16(13)10-4-1-3-9(7-10)14(18)19/h1-8H,(H,18,19)/b12-8+. The highest BCUT2D eigenvalue weighted by molar-refractivity contribution is 8.27. The highest BCUT2D eigenvalue weighted by atomic mass is 32.2. The van der Waals surface area contributed by atoms with Gasteiger partial charge >= 0.3 is 5.97 Å². The molecular formula is C15H9NO4S2. The number of carboxylic acids is 1. The zero-order chi connectivity index (χ0) is 15.7. The number of thiocarbonyl (C=S) groups is 1. The summed E-state index contributed by atoms with van der Waals surface area (Å²) in [5, 5.41) is 9.04. The molecule has 1 saturated heterocycles. The summed E-state index contributed by atoms with van der Waals surface area (Å²) in [5.41, 5.74) is 0.534. The number of hydrogen-bond donors (Lipinski definition) is 1. The van der Waals surface area contributed by atoms with Gasteiger partial charge in [-0.15, -0.1) is 0 Å². The summed E-state index contributed by atoms with van der Waals surface area (Å²) in [5.74, 6) is -0.799. The van der Waals surface area contributed by atoms with Gasteiger partial charge in [-0.3, -0.25) is 9.69 Å². The SMILES string of the molecule is O=C(O)c1cccc(N2C(=O)/C(=C\c3ccco3)SC2=S)c1. The maximum atomic E-state index is 12.5. The second-order valence-electron chi connectivity index (χ2n) is 4.39. The molecule has 1 fully saturated rings.